The number of fused-ring (bicyclic) bond motifs is 1. The van der Waals surface area contributed by atoms with E-state index >= 15 is 0 Å². The number of nitrogens with two attached hydrogens (primary N) is 1. The van der Waals surface area contributed by atoms with Crippen molar-refractivity contribution in [3.05, 3.63) is 78.0 Å². The van der Waals surface area contributed by atoms with Gasteiger partial charge in [0.05, 0.1) is 11.2 Å². The first-order chi connectivity index (χ1) is 15.6. The summed E-state index contributed by atoms with van der Waals surface area (Å²) in [5, 5.41) is 9.43. The molecule has 0 amide bonds. The van der Waals surface area contributed by atoms with Crippen molar-refractivity contribution in [2.75, 3.05) is 5.73 Å². The number of nitrogens with zero attached hydrogens (tertiary/aromatic N) is 4. The Kier molecular flexibility index (Phi) is 6.50. The second kappa shape index (κ2) is 9.64. The maximum absolute atomic E-state index is 9.43. The molecule has 0 bridgehead atoms. The van der Waals surface area contributed by atoms with E-state index in [2.05, 4.69) is 39.7 Å². The van der Waals surface area contributed by atoms with Crippen molar-refractivity contribution in [3.63, 3.8) is 0 Å². The van der Waals surface area contributed by atoms with E-state index in [0.717, 1.165) is 59.5 Å². The molecule has 0 aliphatic carbocycles. The smallest absolute Gasteiger partial charge is 0.151 e. The molecule has 3 heterocycles. The molecule has 6 heteroatoms. The first kappa shape index (κ1) is 21.6. The zero-order chi connectivity index (χ0) is 22.5. The topological polar surface area (TPSA) is 89.9 Å². The quantitative estimate of drug-likeness (QED) is 0.371. The van der Waals surface area contributed by atoms with Crippen LogP contribution >= 0.6 is 0 Å². The van der Waals surface area contributed by atoms with Crippen LogP contribution in [0.2, 0.25) is 0 Å². The zero-order valence-electron chi connectivity index (χ0n) is 18.6. The molecule has 0 fully saturated rings. The third kappa shape index (κ3) is 4.64. The van der Waals surface area contributed by atoms with Crippen LogP contribution in [0.4, 0.5) is 5.82 Å². The molecule has 0 spiro atoms. The van der Waals surface area contributed by atoms with Crippen molar-refractivity contribution >= 4 is 22.9 Å². The van der Waals surface area contributed by atoms with Crippen LogP contribution in [-0.2, 0) is 0 Å². The minimum Gasteiger partial charge on any atom is -0.508 e. The predicted molar refractivity (Wildman–Crippen MR) is 130 cm³/mol. The maximum Gasteiger partial charge on any atom is 0.151 e. The second-order valence-corrected chi connectivity index (χ2v) is 8.06. The number of phenols is 1. The second-order valence-electron chi connectivity index (χ2n) is 8.06. The summed E-state index contributed by atoms with van der Waals surface area (Å²) in [6.07, 6.45) is 11.9. The lowest BCUT2D eigenvalue weighted by Gasteiger charge is -2.16. The summed E-state index contributed by atoms with van der Waals surface area (Å²) in [7, 11) is 0. The van der Waals surface area contributed by atoms with E-state index in [1.165, 1.54) is 0 Å². The molecule has 0 saturated heterocycles. The van der Waals surface area contributed by atoms with E-state index < -0.39 is 0 Å². The average molecular weight is 428 g/mol. The highest BCUT2D eigenvalue weighted by molar-refractivity contribution is 5.87. The van der Waals surface area contributed by atoms with Crippen LogP contribution in [0.5, 0.6) is 5.75 Å². The molecule has 0 saturated carbocycles. The van der Waals surface area contributed by atoms with Crippen LogP contribution < -0.4 is 5.73 Å². The normalized spacial score (nSPS) is 12.6. The molecule has 0 aliphatic rings. The van der Waals surface area contributed by atoms with E-state index in [4.69, 9.17) is 10.7 Å². The Bertz CT molecular complexity index is 1210. The first-order valence-electron chi connectivity index (χ1n) is 11.1. The van der Waals surface area contributed by atoms with E-state index in [-0.39, 0.29) is 5.75 Å². The molecule has 1 aromatic carbocycles. The minimum atomic E-state index is 0.283. The van der Waals surface area contributed by atoms with Crippen molar-refractivity contribution in [1.29, 1.82) is 0 Å². The number of rotatable bonds is 8. The minimum absolute atomic E-state index is 0.283. The van der Waals surface area contributed by atoms with Gasteiger partial charge in [0, 0.05) is 24.0 Å². The molecule has 32 heavy (non-hydrogen) atoms. The molecule has 6 nitrogen and oxygen atoms in total. The van der Waals surface area contributed by atoms with Gasteiger partial charge in [-0.2, -0.15) is 0 Å². The molecule has 1 atom stereocenters. The summed E-state index contributed by atoms with van der Waals surface area (Å²) in [5.74, 6) is 1.96. The summed E-state index contributed by atoms with van der Waals surface area (Å²) >= 11 is 0. The third-order valence-electron chi connectivity index (χ3n) is 5.72. The van der Waals surface area contributed by atoms with Gasteiger partial charge in [0.15, 0.2) is 5.82 Å². The fourth-order valence-electron chi connectivity index (χ4n) is 4.15. The van der Waals surface area contributed by atoms with Crippen LogP contribution in [0.15, 0.2) is 60.9 Å². The number of aromatic nitrogens is 4. The van der Waals surface area contributed by atoms with Gasteiger partial charge in [0.25, 0.3) is 0 Å². The Hall–Kier alpha value is -3.67. The van der Waals surface area contributed by atoms with Gasteiger partial charge in [-0.15, -0.1) is 0 Å². The third-order valence-corrected chi connectivity index (χ3v) is 5.72. The van der Waals surface area contributed by atoms with E-state index in [1.807, 2.05) is 31.2 Å². The number of benzene rings is 1. The van der Waals surface area contributed by atoms with Gasteiger partial charge < -0.3 is 10.8 Å². The van der Waals surface area contributed by atoms with Gasteiger partial charge in [0.2, 0.25) is 0 Å². The molecule has 0 aliphatic heterocycles. The van der Waals surface area contributed by atoms with Gasteiger partial charge in [-0.1, -0.05) is 37.6 Å². The Labute approximate surface area is 188 Å². The molecule has 4 aromatic rings. The Morgan fingerprint density at radius 1 is 1.06 bits per heavy atom. The number of pyridine rings is 2. The highest BCUT2D eigenvalue weighted by Crippen LogP contribution is 2.31. The van der Waals surface area contributed by atoms with Crippen molar-refractivity contribution in [2.45, 2.75) is 45.4 Å². The molecular weight excluding hydrogens is 398 g/mol. The summed E-state index contributed by atoms with van der Waals surface area (Å²) in [4.78, 5) is 13.6. The van der Waals surface area contributed by atoms with Crippen molar-refractivity contribution in [2.24, 2.45) is 0 Å². The number of allylic oxidation sites excluding steroid dienone is 1. The number of phenolic OH excluding ortho intramolecular Hbond substituents is 1. The predicted octanol–water partition coefficient (Wildman–Crippen LogP) is 5.79. The van der Waals surface area contributed by atoms with Crippen molar-refractivity contribution in [1.82, 2.24) is 19.5 Å². The molecule has 1 unspecified atom stereocenters. The van der Waals surface area contributed by atoms with Gasteiger partial charge >= 0.3 is 0 Å². The lowest BCUT2D eigenvalue weighted by Crippen LogP contribution is -2.05. The standard InChI is InChI=1S/C26H29N5O/c1-3-6-20(8-5-4-7-19-9-11-22(32)12-10-19)23-17-24-25(26(27)30-23)29-18(2)31(24)21-13-15-28-16-14-21/h4,7,9-17,20,32H,3,5-6,8H2,1-2H3,(H2,27,30)/b7-4+. The van der Waals surface area contributed by atoms with Crippen LogP contribution in [0.3, 0.4) is 0 Å². The fourth-order valence-corrected chi connectivity index (χ4v) is 4.15. The first-order valence-corrected chi connectivity index (χ1v) is 11.1. The summed E-state index contributed by atoms with van der Waals surface area (Å²) in [6, 6.07) is 13.3. The van der Waals surface area contributed by atoms with Gasteiger partial charge in [0.1, 0.15) is 17.1 Å². The van der Waals surface area contributed by atoms with E-state index in [9.17, 15) is 5.11 Å². The highest BCUT2D eigenvalue weighted by atomic mass is 16.3. The Balaban J connectivity index is 1.61. The van der Waals surface area contributed by atoms with Crippen LogP contribution in [0.25, 0.3) is 22.8 Å². The SMILES string of the molecule is CCCC(CC/C=C/c1ccc(O)cc1)c1cc2c(nc(C)n2-c2ccncc2)c(N)n1. The summed E-state index contributed by atoms with van der Waals surface area (Å²) < 4.78 is 2.12. The lowest BCUT2D eigenvalue weighted by molar-refractivity contribution is 0.475. The lowest BCUT2D eigenvalue weighted by atomic mass is 9.93. The molecule has 0 radical (unpaired) electrons. The zero-order valence-corrected chi connectivity index (χ0v) is 18.6. The number of nitrogen functional groups attached to an aromatic ring is 1. The Morgan fingerprint density at radius 2 is 1.81 bits per heavy atom. The van der Waals surface area contributed by atoms with Gasteiger partial charge in [-0.05, 0) is 62.1 Å². The monoisotopic (exact) mass is 427 g/mol. The number of hydrogen-bond acceptors (Lipinski definition) is 5. The van der Waals surface area contributed by atoms with Crippen molar-refractivity contribution in [3.8, 4) is 11.4 Å². The number of hydrogen-bond donors (Lipinski definition) is 2. The summed E-state index contributed by atoms with van der Waals surface area (Å²) in [5.41, 5.74) is 11.2. The van der Waals surface area contributed by atoms with E-state index in [1.54, 1.807) is 24.5 Å². The maximum atomic E-state index is 9.43. The number of aryl methyl sites for hydroxylation is 1. The highest BCUT2D eigenvalue weighted by Gasteiger charge is 2.18. The average Bonchev–Trinajstić information content (AvgIpc) is 3.14. The van der Waals surface area contributed by atoms with Gasteiger partial charge in [-0.3, -0.25) is 9.55 Å². The summed E-state index contributed by atoms with van der Waals surface area (Å²) in [6.45, 7) is 4.18. The molecule has 3 N–H and O–H groups in total. The van der Waals surface area contributed by atoms with Gasteiger partial charge in [-0.25, -0.2) is 9.97 Å². The molecular formula is C26H29N5O. The molecule has 164 valence electrons. The fraction of sp³-hybridized carbons (Fsp3) is 0.269. The largest absolute Gasteiger partial charge is 0.508 e. The molecule has 3 aromatic heterocycles. The van der Waals surface area contributed by atoms with Crippen LogP contribution in [0.1, 0.15) is 55.6 Å². The van der Waals surface area contributed by atoms with Crippen LogP contribution in [-0.4, -0.2) is 24.6 Å². The number of imidazole rings is 1. The molecule has 4 rings (SSSR count). The number of aromatic hydroxyl groups is 1. The van der Waals surface area contributed by atoms with Crippen molar-refractivity contribution < 1.29 is 5.11 Å². The number of anilines is 1. The van der Waals surface area contributed by atoms with Crippen LogP contribution in [0, 0.1) is 6.92 Å². The van der Waals surface area contributed by atoms with E-state index in [0.29, 0.717) is 11.7 Å². The Morgan fingerprint density at radius 3 is 2.53 bits per heavy atom.